The highest BCUT2D eigenvalue weighted by Crippen LogP contribution is 2.46. The summed E-state index contributed by atoms with van der Waals surface area (Å²) < 4.78 is 11.7. The summed E-state index contributed by atoms with van der Waals surface area (Å²) in [6.07, 6.45) is 2.48. The van der Waals surface area contributed by atoms with Crippen LogP contribution in [0.3, 0.4) is 0 Å². The SMILES string of the molecule is Cc1cc2c(c(Br)c1CC1(O)CC1)OCO2. The fraction of sp³-hybridized carbons (Fsp3) is 0.500. The Labute approximate surface area is 102 Å². The van der Waals surface area contributed by atoms with Gasteiger partial charge in [0.25, 0.3) is 0 Å². The quantitative estimate of drug-likeness (QED) is 0.907. The molecule has 3 nitrogen and oxygen atoms in total. The van der Waals surface area contributed by atoms with E-state index in [2.05, 4.69) is 15.9 Å². The van der Waals surface area contributed by atoms with E-state index in [0.29, 0.717) is 6.42 Å². The van der Waals surface area contributed by atoms with Crippen LogP contribution in [0.2, 0.25) is 0 Å². The number of halogens is 1. The Morgan fingerprint density at radius 1 is 1.44 bits per heavy atom. The normalized spacial score (nSPS) is 19.9. The van der Waals surface area contributed by atoms with Crippen molar-refractivity contribution in [1.82, 2.24) is 0 Å². The van der Waals surface area contributed by atoms with E-state index in [-0.39, 0.29) is 6.79 Å². The minimum atomic E-state index is -0.485. The van der Waals surface area contributed by atoms with Crippen LogP contribution in [0, 0.1) is 6.92 Å². The summed E-state index contributed by atoms with van der Waals surface area (Å²) in [5.74, 6) is 1.56. The van der Waals surface area contributed by atoms with Crippen molar-refractivity contribution in [3.8, 4) is 11.5 Å². The third-order valence-electron chi connectivity index (χ3n) is 3.26. The van der Waals surface area contributed by atoms with E-state index >= 15 is 0 Å². The first-order chi connectivity index (χ1) is 7.59. The van der Waals surface area contributed by atoms with Gasteiger partial charge < -0.3 is 14.6 Å². The Kier molecular flexibility index (Phi) is 2.20. The average Bonchev–Trinajstić information content (AvgIpc) is 2.77. The number of rotatable bonds is 2. The van der Waals surface area contributed by atoms with Gasteiger partial charge in [0.1, 0.15) is 0 Å². The van der Waals surface area contributed by atoms with Gasteiger partial charge in [0.2, 0.25) is 6.79 Å². The molecule has 0 saturated heterocycles. The van der Waals surface area contributed by atoms with Crippen molar-refractivity contribution < 1.29 is 14.6 Å². The van der Waals surface area contributed by atoms with Crippen LogP contribution in [0.4, 0.5) is 0 Å². The number of aryl methyl sites for hydroxylation is 1. The van der Waals surface area contributed by atoms with Crippen LogP contribution in [0.5, 0.6) is 11.5 Å². The zero-order valence-electron chi connectivity index (χ0n) is 9.05. The molecule has 1 saturated carbocycles. The number of hydrogen-bond donors (Lipinski definition) is 1. The minimum Gasteiger partial charge on any atom is -0.454 e. The first-order valence-electron chi connectivity index (χ1n) is 5.39. The second-order valence-corrected chi connectivity index (χ2v) is 5.41. The summed E-state index contributed by atoms with van der Waals surface area (Å²) >= 11 is 3.55. The lowest BCUT2D eigenvalue weighted by atomic mass is 10.0. The van der Waals surface area contributed by atoms with Crippen LogP contribution in [0.1, 0.15) is 24.0 Å². The molecular formula is C12H13BrO3. The van der Waals surface area contributed by atoms with Gasteiger partial charge in [-0.1, -0.05) is 0 Å². The second kappa shape index (κ2) is 3.37. The van der Waals surface area contributed by atoms with Crippen molar-refractivity contribution >= 4 is 15.9 Å². The third-order valence-corrected chi connectivity index (χ3v) is 4.10. The molecule has 16 heavy (non-hydrogen) atoms. The lowest BCUT2D eigenvalue weighted by Gasteiger charge is -2.14. The van der Waals surface area contributed by atoms with Crippen molar-refractivity contribution in [2.75, 3.05) is 6.79 Å². The number of benzene rings is 1. The second-order valence-electron chi connectivity index (χ2n) is 4.62. The van der Waals surface area contributed by atoms with Gasteiger partial charge in [-0.25, -0.2) is 0 Å². The van der Waals surface area contributed by atoms with E-state index in [9.17, 15) is 5.11 Å². The Morgan fingerprint density at radius 3 is 2.88 bits per heavy atom. The maximum absolute atomic E-state index is 9.99. The predicted octanol–water partition coefficient (Wildman–Crippen LogP) is 2.55. The molecule has 2 aliphatic rings. The van der Waals surface area contributed by atoms with Gasteiger partial charge in [0.15, 0.2) is 11.5 Å². The molecule has 3 rings (SSSR count). The smallest absolute Gasteiger partial charge is 0.231 e. The molecule has 1 aromatic carbocycles. The lowest BCUT2D eigenvalue weighted by molar-refractivity contribution is 0.150. The van der Waals surface area contributed by atoms with Crippen LogP contribution < -0.4 is 9.47 Å². The van der Waals surface area contributed by atoms with E-state index < -0.39 is 5.60 Å². The molecule has 1 aromatic rings. The molecule has 0 amide bonds. The first-order valence-corrected chi connectivity index (χ1v) is 6.18. The van der Waals surface area contributed by atoms with Gasteiger partial charge in [-0.2, -0.15) is 0 Å². The molecule has 0 spiro atoms. The van der Waals surface area contributed by atoms with Gasteiger partial charge in [0.05, 0.1) is 10.1 Å². The summed E-state index contributed by atoms with van der Waals surface area (Å²) in [7, 11) is 0. The molecule has 86 valence electrons. The number of ether oxygens (including phenoxy) is 2. The Morgan fingerprint density at radius 2 is 2.19 bits per heavy atom. The van der Waals surface area contributed by atoms with Gasteiger partial charge in [0, 0.05) is 6.42 Å². The standard InChI is InChI=1S/C12H13BrO3/c1-7-4-9-11(16-6-15-9)10(13)8(7)5-12(14)2-3-12/h4,14H,2-3,5-6H2,1H3. The third kappa shape index (κ3) is 1.60. The molecule has 1 aliphatic carbocycles. The first kappa shape index (κ1) is 10.4. The monoisotopic (exact) mass is 284 g/mol. The van der Waals surface area contributed by atoms with Crippen molar-refractivity contribution in [3.05, 3.63) is 21.7 Å². The summed E-state index contributed by atoms with van der Waals surface area (Å²) in [5.41, 5.74) is 1.78. The summed E-state index contributed by atoms with van der Waals surface area (Å²) in [4.78, 5) is 0. The highest BCUT2D eigenvalue weighted by Gasteiger charge is 2.41. The number of aliphatic hydroxyl groups is 1. The highest BCUT2D eigenvalue weighted by atomic mass is 79.9. The summed E-state index contributed by atoms with van der Waals surface area (Å²) in [6, 6.07) is 1.98. The van der Waals surface area contributed by atoms with Crippen LogP contribution in [-0.4, -0.2) is 17.5 Å². The average molecular weight is 285 g/mol. The van der Waals surface area contributed by atoms with Crippen LogP contribution >= 0.6 is 15.9 Å². The highest BCUT2D eigenvalue weighted by molar-refractivity contribution is 9.10. The molecule has 0 aromatic heterocycles. The van der Waals surface area contributed by atoms with Crippen LogP contribution in [-0.2, 0) is 6.42 Å². The van der Waals surface area contributed by atoms with E-state index in [4.69, 9.17) is 9.47 Å². The van der Waals surface area contributed by atoms with Gasteiger partial charge in [-0.15, -0.1) is 0 Å². The fourth-order valence-electron chi connectivity index (χ4n) is 2.03. The topological polar surface area (TPSA) is 38.7 Å². The van der Waals surface area contributed by atoms with Gasteiger partial charge in [-0.3, -0.25) is 0 Å². The molecular weight excluding hydrogens is 272 g/mol. The number of fused-ring (bicyclic) bond motifs is 1. The molecule has 4 heteroatoms. The van der Waals surface area contributed by atoms with Crippen molar-refractivity contribution in [2.45, 2.75) is 31.8 Å². The van der Waals surface area contributed by atoms with Crippen molar-refractivity contribution in [2.24, 2.45) is 0 Å². The Hall–Kier alpha value is -0.740. The van der Waals surface area contributed by atoms with Crippen molar-refractivity contribution in [3.63, 3.8) is 0 Å². The van der Waals surface area contributed by atoms with E-state index in [1.165, 1.54) is 0 Å². The van der Waals surface area contributed by atoms with Crippen molar-refractivity contribution in [1.29, 1.82) is 0 Å². The van der Waals surface area contributed by atoms with E-state index in [1.807, 2.05) is 13.0 Å². The molecule has 0 unspecified atom stereocenters. The lowest BCUT2D eigenvalue weighted by Crippen LogP contribution is -2.12. The van der Waals surface area contributed by atoms with Gasteiger partial charge in [-0.05, 0) is 52.9 Å². The molecule has 0 bridgehead atoms. The molecule has 1 N–H and O–H groups in total. The summed E-state index contributed by atoms with van der Waals surface area (Å²) in [6.45, 7) is 2.31. The maximum atomic E-state index is 9.99. The molecule has 0 atom stereocenters. The van der Waals surface area contributed by atoms with Gasteiger partial charge >= 0.3 is 0 Å². The predicted molar refractivity (Wildman–Crippen MR) is 62.9 cm³/mol. The maximum Gasteiger partial charge on any atom is 0.231 e. The van der Waals surface area contributed by atoms with E-state index in [0.717, 1.165) is 39.9 Å². The molecule has 1 fully saturated rings. The molecule has 0 radical (unpaired) electrons. The Bertz CT molecular complexity index is 452. The molecule has 1 heterocycles. The van der Waals surface area contributed by atoms with Crippen LogP contribution in [0.15, 0.2) is 10.5 Å². The summed E-state index contributed by atoms with van der Waals surface area (Å²) in [5, 5.41) is 9.99. The largest absolute Gasteiger partial charge is 0.454 e. The van der Waals surface area contributed by atoms with Crippen LogP contribution in [0.25, 0.3) is 0 Å². The Balaban J connectivity index is 2.03. The zero-order valence-corrected chi connectivity index (χ0v) is 10.6. The fourth-order valence-corrected chi connectivity index (χ4v) is 2.79. The molecule has 1 aliphatic heterocycles. The minimum absolute atomic E-state index is 0.279. The number of hydrogen-bond acceptors (Lipinski definition) is 3. The zero-order chi connectivity index (χ0) is 11.3. The van der Waals surface area contributed by atoms with E-state index in [1.54, 1.807) is 0 Å².